The first-order valence-electron chi connectivity index (χ1n) is 8.23. The minimum atomic E-state index is -0.497. The van der Waals surface area contributed by atoms with Crippen molar-refractivity contribution in [2.24, 2.45) is 0 Å². The van der Waals surface area contributed by atoms with Crippen LogP contribution in [-0.2, 0) is 17.7 Å². The number of hydrogen-bond acceptors (Lipinski definition) is 4. The van der Waals surface area contributed by atoms with E-state index < -0.39 is 5.60 Å². The number of benzene rings is 1. The summed E-state index contributed by atoms with van der Waals surface area (Å²) in [6.45, 7) is 8.65. The van der Waals surface area contributed by atoms with Crippen LogP contribution in [0.4, 0.5) is 4.79 Å². The van der Waals surface area contributed by atoms with Crippen LogP contribution in [0, 0.1) is 6.92 Å². The first-order valence-corrected chi connectivity index (χ1v) is 8.23. The average molecular weight is 325 g/mol. The lowest BCUT2D eigenvalue weighted by atomic mass is 9.99. The molecule has 1 aliphatic heterocycles. The van der Waals surface area contributed by atoms with Crippen molar-refractivity contribution in [1.82, 2.24) is 14.9 Å². The number of aromatic nitrogens is 2. The second kappa shape index (κ2) is 6.23. The predicted molar refractivity (Wildman–Crippen MR) is 92.6 cm³/mol. The van der Waals surface area contributed by atoms with Crippen LogP contribution in [0.15, 0.2) is 30.3 Å². The van der Waals surface area contributed by atoms with Gasteiger partial charge >= 0.3 is 6.09 Å². The lowest BCUT2D eigenvalue weighted by Gasteiger charge is -2.31. The van der Waals surface area contributed by atoms with Gasteiger partial charge in [0.2, 0.25) is 0 Å². The van der Waals surface area contributed by atoms with E-state index in [0.717, 1.165) is 34.8 Å². The molecule has 0 atom stereocenters. The van der Waals surface area contributed by atoms with Gasteiger partial charge < -0.3 is 9.64 Å². The summed E-state index contributed by atoms with van der Waals surface area (Å²) in [6, 6.07) is 10.0. The van der Waals surface area contributed by atoms with E-state index in [-0.39, 0.29) is 6.09 Å². The molecule has 1 aromatic carbocycles. The first-order chi connectivity index (χ1) is 11.3. The molecule has 0 aliphatic carbocycles. The molecule has 0 spiro atoms. The van der Waals surface area contributed by atoms with Crippen LogP contribution in [0.3, 0.4) is 0 Å². The molecule has 3 rings (SSSR count). The zero-order valence-corrected chi connectivity index (χ0v) is 14.7. The summed E-state index contributed by atoms with van der Waals surface area (Å²) < 4.78 is 5.51. The normalized spacial score (nSPS) is 14.2. The molecule has 0 unspecified atom stereocenters. The quantitative estimate of drug-likeness (QED) is 0.801. The van der Waals surface area contributed by atoms with Gasteiger partial charge in [-0.1, -0.05) is 30.3 Å². The maximum absolute atomic E-state index is 12.4. The molecule has 0 saturated carbocycles. The Labute approximate surface area is 142 Å². The molecule has 0 saturated heterocycles. The SMILES string of the molecule is Cc1nc2c(c(-c3ccccc3)n1)CN(C(=O)OC(C)(C)C)CC2. The summed E-state index contributed by atoms with van der Waals surface area (Å²) in [5.74, 6) is 0.762. The van der Waals surface area contributed by atoms with Crippen molar-refractivity contribution in [3.05, 3.63) is 47.4 Å². The van der Waals surface area contributed by atoms with Crippen LogP contribution in [-0.4, -0.2) is 33.1 Å². The van der Waals surface area contributed by atoms with Gasteiger partial charge in [-0.05, 0) is 27.7 Å². The van der Waals surface area contributed by atoms with E-state index in [1.165, 1.54) is 0 Å². The van der Waals surface area contributed by atoms with Gasteiger partial charge in [0, 0.05) is 24.1 Å². The smallest absolute Gasteiger partial charge is 0.410 e. The highest BCUT2D eigenvalue weighted by atomic mass is 16.6. The number of nitrogens with zero attached hydrogens (tertiary/aromatic N) is 3. The van der Waals surface area contributed by atoms with E-state index in [4.69, 9.17) is 4.74 Å². The van der Waals surface area contributed by atoms with Gasteiger partial charge in [0.25, 0.3) is 0 Å². The maximum atomic E-state index is 12.4. The fourth-order valence-electron chi connectivity index (χ4n) is 2.85. The van der Waals surface area contributed by atoms with Crippen LogP contribution < -0.4 is 0 Å². The Bertz CT molecular complexity index is 751. The number of amides is 1. The maximum Gasteiger partial charge on any atom is 0.410 e. The second-order valence-electron chi connectivity index (χ2n) is 7.06. The molecule has 1 amide bonds. The molecular weight excluding hydrogens is 302 g/mol. The summed E-state index contributed by atoms with van der Waals surface area (Å²) in [5.41, 5.74) is 3.50. The van der Waals surface area contributed by atoms with E-state index in [1.807, 2.05) is 58.0 Å². The molecule has 5 nitrogen and oxygen atoms in total. The van der Waals surface area contributed by atoms with E-state index >= 15 is 0 Å². The molecular formula is C19H23N3O2. The summed E-state index contributed by atoms with van der Waals surface area (Å²) in [4.78, 5) is 23.3. The number of carbonyl (C=O) groups excluding carboxylic acids is 1. The largest absolute Gasteiger partial charge is 0.444 e. The molecule has 0 N–H and O–H groups in total. The Balaban J connectivity index is 1.94. The highest BCUT2D eigenvalue weighted by Gasteiger charge is 2.28. The number of hydrogen-bond donors (Lipinski definition) is 0. The zero-order valence-electron chi connectivity index (χ0n) is 14.7. The molecule has 2 heterocycles. The van der Waals surface area contributed by atoms with Gasteiger partial charge in [-0.2, -0.15) is 0 Å². The van der Waals surface area contributed by atoms with E-state index in [0.29, 0.717) is 13.1 Å². The fourth-order valence-corrected chi connectivity index (χ4v) is 2.85. The van der Waals surface area contributed by atoms with E-state index in [9.17, 15) is 4.79 Å². The van der Waals surface area contributed by atoms with Crippen LogP contribution in [0.1, 0.15) is 37.9 Å². The number of ether oxygens (including phenoxy) is 1. The number of carbonyl (C=O) groups is 1. The Hall–Kier alpha value is -2.43. The van der Waals surface area contributed by atoms with Crippen molar-refractivity contribution < 1.29 is 9.53 Å². The fraction of sp³-hybridized carbons (Fsp3) is 0.421. The number of aryl methyl sites for hydroxylation is 1. The van der Waals surface area contributed by atoms with Gasteiger partial charge in [-0.3, -0.25) is 0 Å². The molecule has 0 bridgehead atoms. The van der Waals surface area contributed by atoms with Crippen molar-refractivity contribution in [2.45, 2.75) is 46.3 Å². The van der Waals surface area contributed by atoms with E-state index in [2.05, 4.69) is 9.97 Å². The second-order valence-corrected chi connectivity index (χ2v) is 7.06. The molecule has 2 aromatic rings. The zero-order chi connectivity index (χ0) is 17.3. The summed E-state index contributed by atoms with van der Waals surface area (Å²) >= 11 is 0. The number of fused-ring (bicyclic) bond motifs is 1. The van der Waals surface area contributed by atoms with Crippen LogP contribution >= 0.6 is 0 Å². The number of rotatable bonds is 1. The van der Waals surface area contributed by atoms with Gasteiger partial charge in [0.05, 0.1) is 17.9 Å². The van der Waals surface area contributed by atoms with Crippen molar-refractivity contribution in [2.75, 3.05) is 6.54 Å². The van der Waals surface area contributed by atoms with Gasteiger partial charge in [0.15, 0.2) is 0 Å². The van der Waals surface area contributed by atoms with Crippen LogP contribution in [0.2, 0.25) is 0 Å². The first kappa shape index (κ1) is 16.4. The highest BCUT2D eigenvalue weighted by Crippen LogP contribution is 2.28. The topological polar surface area (TPSA) is 55.3 Å². The molecule has 126 valence electrons. The molecule has 0 fully saturated rings. The molecule has 24 heavy (non-hydrogen) atoms. The minimum absolute atomic E-state index is 0.285. The Morgan fingerprint density at radius 2 is 1.88 bits per heavy atom. The third-order valence-electron chi connectivity index (χ3n) is 3.87. The Morgan fingerprint density at radius 1 is 1.17 bits per heavy atom. The third kappa shape index (κ3) is 3.55. The lowest BCUT2D eigenvalue weighted by Crippen LogP contribution is -2.40. The Kier molecular flexibility index (Phi) is 4.26. The molecule has 5 heteroatoms. The van der Waals surface area contributed by atoms with Crippen LogP contribution in [0.5, 0.6) is 0 Å². The van der Waals surface area contributed by atoms with Crippen molar-refractivity contribution in [3.8, 4) is 11.3 Å². The predicted octanol–water partition coefficient (Wildman–Crippen LogP) is 3.75. The average Bonchev–Trinajstić information content (AvgIpc) is 2.53. The summed E-state index contributed by atoms with van der Waals surface area (Å²) in [6.07, 6.45) is 0.436. The van der Waals surface area contributed by atoms with Gasteiger partial charge in [0.1, 0.15) is 11.4 Å². The lowest BCUT2D eigenvalue weighted by molar-refractivity contribution is 0.0223. The highest BCUT2D eigenvalue weighted by molar-refractivity contribution is 5.70. The summed E-state index contributed by atoms with van der Waals surface area (Å²) in [5, 5.41) is 0. The van der Waals surface area contributed by atoms with Crippen molar-refractivity contribution in [3.63, 3.8) is 0 Å². The van der Waals surface area contributed by atoms with Crippen LogP contribution in [0.25, 0.3) is 11.3 Å². The molecule has 1 aromatic heterocycles. The Morgan fingerprint density at radius 3 is 2.54 bits per heavy atom. The van der Waals surface area contributed by atoms with Crippen molar-refractivity contribution in [1.29, 1.82) is 0 Å². The molecule has 0 radical (unpaired) electrons. The third-order valence-corrected chi connectivity index (χ3v) is 3.87. The van der Waals surface area contributed by atoms with Gasteiger partial charge in [-0.25, -0.2) is 14.8 Å². The van der Waals surface area contributed by atoms with Gasteiger partial charge in [-0.15, -0.1) is 0 Å². The van der Waals surface area contributed by atoms with E-state index in [1.54, 1.807) is 4.90 Å². The standard InChI is InChI=1S/C19H23N3O2/c1-13-20-16-10-11-22(18(23)24-19(2,3)4)12-15(16)17(21-13)14-8-6-5-7-9-14/h5-9H,10-12H2,1-4H3. The monoisotopic (exact) mass is 325 g/mol. The van der Waals surface area contributed by atoms with Crippen molar-refractivity contribution >= 4 is 6.09 Å². The minimum Gasteiger partial charge on any atom is -0.444 e. The summed E-state index contributed by atoms with van der Waals surface area (Å²) in [7, 11) is 0. The molecule has 1 aliphatic rings.